The molecule has 1 saturated carbocycles. The van der Waals surface area contributed by atoms with E-state index in [9.17, 15) is 9.18 Å². The Kier molecular flexibility index (Phi) is 5.28. The maximum absolute atomic E-state index is 13.8. The average Bonchev–Trinajstić information content (AvgIpc) is 3.18. The van der Waals surface area contributed by atoms with Crippen molar-refractivity contribution in [3.63, 3.8) is 0 Å². The van der Waals surface area contributed by atoms with Crippen LogP contribution < -0.4 is 17.0 Å². The number of carbonyl (C=O) groups excluding carboxylic acids is 1. The number of amides is 1. The number of nitrogens with one attached hydrogen (secondary N) is 1. The zero-order valence-corrected chi connectivity index (χ0v) is 16.1. The Morgan fingerprint density at radius 2 is 2.04 bits per heavy atom. The number of hydrazine groups is 1. The summed E-state index contributed by atoms with van der Waals surface area (Å²) in [6.07, 6.45) is 3.68. The molecule has 2 fully saturated rings. The normalized spacial score (nSPS) is 23.1. The first kappa shape index (κ1) is 19.7. The summed E-state index contributed by atoms with van der Waals surface area (Å²) >= 11 is 0. The van der Waals surface area contributed by atoms with Crippen LogP contribution in [0.5, 0.6) is 0 Å². The minimum absolute atomic E-state index is 0.0407. The van der Waals surface area contributed by atoms with Crippen LogP contribution in [0, 0.1) is 17.7 Å². The maximum atomic E-state index is 13.8. The van der Waals surface area contributed by atoms with Crippen molar-refractivity contribution in [2.45, 2.75) is 6.04 Å². The number of aromatic nitrogens is 1. The van der Waals surface area contributed by atoms with E-state index in [4.69, 9.17) is 11.6 Å². The number of hydrogen-bond acceptors (Lipinski definition) is 7. The van der Waals surface area contributed by atoms with Crippen molar-refractivity contribution >= 4 is 11.6 Å². The molecule has 1 aliphatic heterocycles. The highest BCUT2D eigenvalue weighted by Crippen LogP contribution is 2.50. The van der Waals surface area contributed by atoms with Crippen LogP contribution >= 0.6 is 0 Å². The fourth-order valence-electron chi connectivity index (χ4n) is 3.83. The van der Waals surface area contributed by atoms with Gasteiger partial charge >= 0.3 is 0 Å². The van der Waals surface area contributed by atoms with Crippen molar-refractivity contribution in [2.75, 3.05) is 27.2 Å². The van der Waals surface area contributed by atoms with Gasteiger partial charge in [-0.25, -0.2) is 10.2 Å². The first-order valence-corrected chi connectivity index (χ1v) is 8.93. The Balaban J connectivity index is 1.61. The van der Waals surface area contributed by atoms with Crippen LogP contribution in [-0.4, -0.2) is 58.8 Å². The van der Waals surface area contributed by atoms with E-state index in [0.29, 0.717) is 29.5 Å². The lowest BCUT2D eigenvalue weighted by molar-refractivity contribution is -0.124. The lowest BCUT2D eigenvalue weighted by Crippen LogP contribution is -2.40. The van der Waals surface area contributed by atoms with E-state index in [0.717, 1.165) is 19.3 Å². The second-order valence-electron chi connectivity index (χ2n) is 7.19. The van der Waals surface area contributed by atoms with Crippen molar-refractivity contribution in [3.05, 3.63) is 60.7 Å². The van der Waals surface area contributed by atoms with Gasteiger partial charge in [-0.3, -0.25) is 14.7 Å². The standard InChI is InChI=1S/C19H26FN7O/c1-11(24-22)27-9-14-15(10-27)19(14)26(4)12(2)25(3)18(28)7-17(21)13-5-6-23-8-16(13)20/h5-8,14-15,19,24H,1-2,9-10,21-22H2,3-4H3/b17-7-/t14-,15+,19+. The van der Waals surface area contributed by atoms with Gasteiger partial charge in [0, 0.05) is 68.6 Å². The van der Waals surface area contributed by atoms with E-state index >= 15 is 0 Å². The Labute approximate surface area is 163 Å². The van der Waals surface area contributed by atoms with E-state index in [-0.39, 0.29) is 17.2 Å². The van der Waals surface area contributed by atoms with Crippen LogP contribution in [0.1, 0.15) is 5.56 Å². The summed E-state index contributed by atoms with van der Waals surface area (Å²) in [5.41, 5.74) is 8.65. The summed E-state index contributed by atoms with van der Waals surface area (Å²) in [6.45, 7) is 9.65. The molecular weight excluding hydrogens is 361 g/mol. The molecule has 1 aromatic rings. The zero-order chi connectivity index (χ0) is 20.6. The summed E-state index contributed by atoms with van der Waals surface area (Å²) < 4.78 is 13.8. The van der Waals surface area contributed by atoms with Crippen LogP contribution in [-0.2, 0) is 4.79 Å². The molecule has 2 aliphatic rings. The second kappa shape index (κ2) is 7.51. The third-order valence-electron chi connectivity index (χ3n) is 5.63. The molecule has 5 N–H and O–H groups in total. The number of halogens is 1. The Hall–Kier alpha value is -3.07. The fraction of sp³-hybridized carbons (Fsp3) is 0.368. The van der Waals surface area contributed by atoms with Crippen molar-refractivity contribution in [3.8, 4) is 0 Å². The number of likely N-dealkylation sites (N-methyl/N-ethyl adjacent to an activating group) is 1. The molecule has 28 heavy (non-hydrogen) atoms. The Morgan fingerprint density at radius 3 is 2.61 bits per heavy atom. The summed E-state index contributed by atoms with van der Waals surface area (Å²) in [6, 6.07) is 1.74. The fourth-order valence-corrected chi connectivity index (χ4v) is 3.83. The highest BCUT2D eigenvalue weighted by molar-refractivity contribution is 5.95. The first-order chi connectivity index (χ1) is 13.3. The number of fused-ring (bicyclic) bond motifs is 1. The predicted molar refractivity (Wildman–Crippen MR) is 105 cm³/mol. The minimum atomic E-state index is -0.577. The molecule has 0 spiro atoms. The first-order valence-electron chi connectivity index (χ1n) is 8.93. The van der Waals surface area contributed by atoms with Crippen LogP contribution in [0.15, 0.2) is 49.3 Å². The van der Waals surface area contributed by atoms with Crippen molar-refractivity contribution in [1.29, 1.82) is 0 Å². The van der Waals surface area contributed by atoms with E-state index < -0.39 is 5.82 Å². The van der Waals surface area contributed by atoms with Gasteiger partial charge in [-0.2, -0.15) is 0 Å². The van der Waals surface area contributed by atoms with Gasteiger partial charge in [-0.05, 0) is 6.07 Å². The monoisotopic (exact) mass is 387 g/mol. The summed E-state index contributed by atoms with van der Waals surface area (Å²) in [4.78, 5) is 21.8. The molecule has 0 bridgehead atoms. The average molecular weight is 387 g/mol. The van der Waals surface area contributed by atoms with Gasteiger partial charge in [-0.1, -0.05) is 13.2 Å². The van der Waals surface area contributed by atoms with Gasteiger partial charge < -0.3 is 21.0 Å². The molecule has 150 valence electrons. The van der Waals surface area contributed by atoms with E-state index in [1.165, 1.54) is 23.2 Å². The van der Waals surface area contributed by atoms with Gasteiger partial charge in [0.1, 0.15) is 11.6 Å². The van der Waals surface area contributed by atoms with Crippen LogP contribution in [0.2, 0.25) is 0 Å². The molecule has 0 aromatic carbocycles. The third kappa shape index (κ3) is 3.53. The quantitative estimate of drug-likeness (QED) is 0.350. The SMILES string of the molecule is C=C(NN)N1C[C@@H]2[C@H](C1)[C@H]2N(C)C(=C)N(C)C(=O)/C=C(\N)c1ccncc1F. The molecule has 1 aliphatic carbocycles. The molecule has 0 radical (unpaired) electrons. The summed E-state index contributed by atoms with van der Waals surface area (Å²) in [7, 11) is 3.55. The number of piperidine rings is 1. The minimum Gasteiger partial charge on any atom is -0.398 e. The summed E-state index contributed by atoms with van der Waals surface area (Å²) in [5, 5.41) is 0. The van der Waals surface area contributed by atoms with Crippen LogP contribution in [0.3, 0.4) is 0 Å². The third-order valence-corrected chi connectivity index (χ3v) is 5.63. The molecule has 3 atom stereocenters. The predicted octanol–water partition coefficient (Wildman–Crippen LogP) is 0.246. The number of carbonyl (C=O) groups is 1. The largest absolute Gasteiger partial charge is 0.398 e. The van der Waals surface area contributed by atoms with Gasteiger partial charge in [0.15, 0.2) is 5.82 Å². The molecule has 9 heteroatoms. The van der Waals surface area contributed by atoms with E-state index in [1.54, 1.807) is 7.05 Å². The molecule has 1 saturated heterocycles. The lowest BCUT2D eigenvalue weighted by atomic mass is 10.2. The van der Waals surface area contributed by atoms with Crippen LogP contribution in [0.4, 0.5) is 4.39 Å². The van der Waals surface area contributed by atoms with Crippen molar-refractivity contribution in [1.82, 2.24) is 25.1 Å². The molecule has 2 heterocycles. The van der Waals surface area contributed by atoms with E-state index in [1.807, 2.05) is 11.9 Å². The smallest absolute Gasteiger partial charge is 0.253 e. The van der Waals surface area contributed by atoms with Gasteiger partial charge in [0.25, 0.3) is 5.91 Å². The highest BCUT2D eigenvalue weighted by Gasteiger charge is 2.58. The Bertz CT molecular complexity index is 827. The number of rotatable bonds is 7. The maximum Gasteiger partial charge on any atom is 0.253 e. The molecule has 8 nitrogen and oxygen atoms in total. The number of nitrogens with two attached hydrogens (primary N) is 2. The van der Waals surface area contributed by atoms with Crippen molar-refractivity contribution < 1.29 is 9.18 Å². The molecule has 1 aromatic heterocycles. The number of likely N-dealkylation sites (tertiary alicyclic amines) is 1. The number of hydrogen-bond donors (Lipinski definition) is 3. The Morgan fingerprint density at radius 1 is 1.39 bits per heavy atom. The molecule has 1 amide bonds. The second-order valence-corrected chi connectivity index (χ2v) is 7.19. The molecule has 0 unspecified atom stereocenters. The lowest BCUT2D eigenvalue weighted by Gasteiger charge is -2.31. The molecule has 3 rings (SSSR count). The highest BCUT2D eigenvalue weighted by atomic mass is 19.1. The van der Waals surface area contributed by atoms with Crippen molar-refractivity contribution in [2.24, 2.45) is 23.4 Å². The van der Waals surface area contributed by atoms with Crippen LogP contribution in [0.25, 0.3) is 5.70 Å². The van der Waals surface area contributed by atoms with E-state index in [2.05, 4.69) is 28.5 Å². The van der Waals surface area contributed by atoms with Gasteiger partial charge in [-0.15, -0.1) is 0 Å². The number of pyridine rings is 1. The zero-order valence-electron chi connectivity index (χ0n) is 16.1. The number of nitrogens with zero attached hydrogens (tertiary/aromatic N) is 4. The van der Waals surface area contributed by atoms with Gasteiger partial charge in [0.05, 0.1) is 6.20 Å². The van der Waals surface area contributed by atoms with Gasteiger partial charge in [0.2, 0.25) is 0 Å². The topological polar surface area (TPSA) is 104 Å². The summed E-state index contributed by atoms with van der Waals surface area (Å²) in [5.74, 6) is 6.68. The molecular formula is C19H26FN7O.